The fraction of sp³-hybridized carbons (Fsp3) is 0.222. The summed E-state index contributed by atoms with van der Waals surface area (Å²) in [6.45, 7) is 2.15. The number of rotatable bonds is 2. The monoisotopic (exact) mass is 223 g/mol. The molecule has 2 aromatic rings. The second-order valence-corrected chi connectivity index (χ2v) is 3.44. The van der Waals surface area contributed by atoms with Gasteiger partial charge in [-0.25, -0.2) is 9.67 Å². The Labute approximate surface area is 91.9 Å². The van der Waals surface area contributed by atoms with Gasteiger partial charge in [0.1, 0.15) is 0 Å². The van der Waals surface area contributed by atoms with Crippen LogP contribution in [0.2, 0.25) is 5.02 Å². The number of nitrogens with two attached hydrogens (primary N) is 1. The van der Waals surface area contributed by atoms with Gasteiger partial charge in [-0.2, -0.15) is 5.10 Å². The number of hydrogen-bond donors (Lipinski definition) is 1. The minimum absolute atomic E-state index is 0.319. The first-order valence-corrected chi connectivity index (χ1v) is 4.82. The SMILES string of the molecule is Cc1nn(-c2nccnc2CN)cc1Cl. The van der Waals surface area contributed by atoms with Crippen molar-refractivity contribution in [3.63, 3.8) is 0 Å². The Bertz CT molecular complexity index is 460. The first-order valence-electron chi connectivity index (χ1n) is 4.44. The molecule has 2 heterocycles. The number of halogens is 1. The van der Waals surface area contributed by atoms with Gasteiger partial charge in [-0.1, -0.05) is 11.6 Å². The average Bonchev–Trinajstić information content (AvgIpc) is 2.59. The van der Waals surface area contributed by atoms with Crippen molar-refractivity contribution >= 4 is 11.6 Å². The molecule has 6 heteroatoms. The summed E-state index contributed by atoms with van der Waals surface area (Å²) < 4.78 is 1.59. The lowest BCUT2D eigenvalue weighted by Crippen LogP contribution is -2.09. The van der Waals surface area contributed by atoms with Crippen LogP contribution in [0.15, 0.2) is 18.6 Å². The third-order valence-corrected chi connectivity index (χ3v) is 2.37. The number of nitrogens with zero attached hydrogens (tertiary/aromatic N) is 4. The molecule has 2 aromatic heterocycles. The van der Waals surface area contributed by atoms with Gasteiger partial charge in [-0.05, 0) is 6.92 Å². The summed E-state index contributed by atoms with van der Waals surface area (Å²) in [6, 6.07) is 0. The largest absolute Gasteiger partial charge is 0.325 e. The van der Waals surface area contributed by atoms with E-state index in [0.29, 0.717) is 23.1 Å². The Morgan fingerprint density at radius 2 is 2.13 bits per heavy atom. The van der Waals surface area contributed by atoms with Gasteiger partial charge in [0.2, 0.25) is 0 Å². The predicted octanol–water partition coefficient (Wildman–Crippen LogP) is 1.08. The highest BCUT2D eigenvalue weighted by Crippen LogP contribution is 2.16. The van der Waals surface area contributed by atoms with E-state index in [9.17, 15) is 0 Å². The van der Waals surface area contributed by atoms with E-state index in [-0.39, 0.29) is 0 Å². The number of hydrogen-bond acceptors (Lipinski definition) is 4. The lowest BCUT2D eigenvalue weighted by molar-refractivity contribution is 0.793. The van der Waals surface area contributed by atoms with Crippen LogP contribution in [0.3, 0.4) is 0 Å². The first-order chi connectivity index (χ1) is 7.22. The van der Waals surface area contributed by atoms with E-state index in [1.54, 1.807) is 23.3 Å². The van der Waals surface area contributed by atoms with Crippen LogP contribution in [0.25, 0.3) is 5.82 Å². The quantitative estimate of drug-likeness (QED) is 0.827. The van der Waals surface area contributed by atoms with E-state index < -0.39 is 0 Å². The predicted molar refractivity (Wildman–Crippen MR) is 56.8 cm³/mol. The summed E-state index contributed by atoms with van der Waals surface area (Å²) in [5.74, 6) is 0.620. The van der Waals surface area contributed by atoms with Crippen molar-refractivity contribution in [3.05, 3.63) is 35.0 Å². The van der Waals surface area contributed by atoms with E-state index in [0.717, 1.165) is 5.69 Å². The van der Waals surface area contributed by atoms with Crippen LogP contribution < -0.4 is 5.73 Å². The lowest BCUT2D eigenvalue weighted by atomic mass is 10.4. The minimum atomic E-state index is 0.319. The molecule has 0 saturated heterocycles. The van der Waals surface area contributed by atoms with Crippen LogP contribution >= 0.6 is 11.6 Å². The van der Waals surface area contributed by atoms with Crippen LogP contribution in [0.5, 0.6) is 0 Å². The van der Waals surface area contributed by atoms with Gasteiger partial charge < -0.3 is 5.73 Å². The molecule has 2 N–H and O–H groups in total. The van der Waals surface area contributed by atoms with E-state index >= 15 is 0 Å². The molecule has 2 rings (SSSR count). The number of aromatic nitrogens is 4. The van der Waals surface area contributed by atoms with Gasteiger partial charge in [-0.15, -0.1) is 0 Å². The van der Waals surface area contributed by atoms with E-state index in [2.05, 4.69) is 15.1 Å². The molecule has 15 heavy (non-hydrogen) atoms. The van der Waals surface area contributed by atoms with Crippen molar-refractivity contribution in [2.24, 2.45) is 5.73 Å². The molecular weight excluding hydrogens is 214 g/mol. The van der Waals surface area contributed by atoms with Gasteiger partial charge in [-0.3, -0.25) is 4.98 Å². The molecule has 0 aliphatic heterocycles. The van der Waals surface area contributed by atoms with Crippen molar-refractivity contribution in [2.45, 2.75) is 13.5 Å². The zero-order valence-electron chi connectivity index (χ0n) is 8.18. The summed E-state index contributed by atoms with van der Waals surface area (Å²) in [6.07, 6.45) is 4.89. The molecule has 0 aliphatic rings. The smallest absolute Gasteiger partial charge is 0.176 e. The molecule has 0 amide bonds. The second kappa shape index (κ2) is 3.96. The summed E-state index contributed by atoms with van der Waals surface area (Å²) in [4.78, 5) is 8.29. The third-order valence-electron chi connectivity index (χ3n) is 2.00. The van der Waals surface area contributed by atoms with Crippen LogP contribution in [0.1, 0.15) is 11.4 Å². The van der Waals surface area contributed by atoms with Crippen LogP contribution in [-0.4, -0.2) is 19.7 Å². The average molecular weight is 224 g/mol. The maximum absolute atomic E-state index is 5.91. The first kappa shape index (κ1) is 10.1. The summed E-state index contributed by atoms with van der Waals surface area (Å²) in [7, 11) is 0. The third kappa shape index (κ3) is 1.84. The van der Waals surface area contributed by atoms with Crippen molar-refractivity contribution in [1.82, 2.24) is 19.7 Å². The zero-order valence-corrected chi connectivity index (χ0v) is 8.94. The molecule has 0 saturated carbocycles. The number of aryl methyl sites for hydroxylation is 1. The molecule has 0 spiro atoms. The van der Waals surface area contributed by atoms with Crippen LogP contribution in [0.4, 0.5) is 0 Å². The van der Waals surface area contributed by atoms with Crippen molar-refractivity contribution in [3.8, 4) is 5.82 Å². The van der Waals surface area contributed by atoms with Crippen molar-refractivity contribution in [1.29, 1.82) is 0 Å². The molecule has 0 radical (unpaired) electrons. The van der Waals surface area contributed by atoms with Crippen LogP contribution in [-0.2, 0) is 6.54 Å². The van der Waals surface area contributed by atoms with Gasteiger partial charge in [0.25, 0.3) is 0 Å². The molecule has 0 fully saturated rings. The minimum Gasteiger partial charge on any atom is -0.325 e. The molecule has 78 valence electrons. The Morgan fingerprint density at radius 1 is 1.40 bits per heavy atom. The van der Waals surface area contributed by atoms with E-state index in [1.165, 1.54) is 0 Å². The summed E-state index contributed by atoms with van der Waals surface area (Å²) in [5.41, 5.74) is 7.00. The molecular formula is C9H10ClN5. The fourth-order valence-corrected chi connectivity index (χ4v) is 1.37. The molecule has 0 atom stereocenters. The van der Waals surface area contributed by atoms with E-state index in [4.69, 9.17) is 17.3 Å². The second-order valence-electron chi connectivity index (χ2n) is 3.04. The fourth-order valence-electron chi connectivity index (χ4n) is 1.24. The highest BCUT2D eigenvalue weighted by Gasteiger charge is 2.09. The maximum atomic E-state index is 5.91. The lowest BCUT2D eigenvalue weighted by Gasteiger charge is -2.03. The van der Waals surface area contributed by atoms with E-state index in [1.807, 2.05) is 6.92 Å². The Kier molecular flexibility index (Phi) is 2.66. The van der Waals surface area contributed by atoms with Crippen molar-refractivity contribution < 1.29 is 0 Å². The highest BCUT2D eigenvalue weighted by atomic mass is 35.5. The normalized spacial score (nSPS) is 10.6. The van der Waals surface area contributed by atoms with Gasteiger partial charge in [0.15, 0.2) is 5.82 Å². The zero-order chi connectivity index (χ0) is 10.8. The topological polar surface area (TPSA) is 69.6 Å². The molecule has 0 bridgehead atoms. The van der Waals surface area contributed by atoms with Crippen LogP contribution in [0, 0.1) is 6.92 Å². The van der Waals surface area contributed by atoms with Gasteiger partial charge in [0.05, 0.1) is 22.6 Å². The summed E-state index contributed by atoms with van der Waals surface area (Å²) >= 11 is 5.91. The Balaban J connectivity index is 2.53. The molecule has 0 aliphatic carbocycles. The van der Waals surface area contributed by atoms with Gasteiger partial charge in [0, 0.05) is 18.9 Å². The van der Waals surface area contributed by atoms with Gasteiger partial charge >= 0.3 is 0 Å². The molecule has 0 unspecified atom stereocenters. The standard InChI is InChI=1S/C9H10ClN5/c1-6-7(10)5-15(14-6)9-8(4-11)12-2-3-13-9/h2-3,5H,4,11H2,1H3. The maximum Gasteiger partial charge on any atom is 0.176 e. The van der Waals surface area contributed by atoms with Crippen molar-refractivity contribution in [2.75, 3.05) is 0 Å². The summed E-state index contributed by atoms with van der Waals surface area (Å²) in [5, 5.41) is 4.82. The Morgan fingerprint density at radius 3 is 2.73 bits per heavy atom. The molecule has 0 aromatic carbocycles. The Hall–Kier alpha value is -1.46. The highest BCUT2D eigenvalue weighted by molar-refractivity contribution is 6.31. The molecule has 5 nitrogen and oxygen atoms in total.